The molecule has 3 aromatic rings. The number of rotatable bonds is 12. The number of carboxylic acid groups (broad SMARTS) is 1. The molecular weight excluding hydrogens is 431 g/mol. The molecule has 1 aromatic carbocycles. The van der Waals surface area contributed by atoms with Crippen LogP contribution in [0.4, 0.5) is 0 Å². The number of para-hydroxylation sites is 1. The summed E-state index contributed by atoms with van der Waals surface area (Å²) in [5.74, 6) is 0.494. The number of benzene rings is 1. The molecule has 0 atom stereocenters. The highest BCUT2D eigenvalue weighted by Crippen LogP contribution is 2.26. The Morgan fingerprint density at radius 2 is 1.88 bits per heavy atom. The molecule has 0 aliphatic heterocycles. The van der Waals surface area contributed by atoms with Crippen molar-refractivity contribution in [3.63, 3.8) is 0 Å². The van der Waals surface area contributed by atoms with E-state index >= 15 is 0 Å². The van der Waals surface area contributed by atoms with Gasteiger partial charge in [0.1, 0.15) is 19.3 Å². The second kappa shape index (κ2) is 11.5. The van der Waals surface area contributed by atoms with Crippen LogP contribution in [0.25, 0.3) is 11.5 Å². The molecule has 0 unspecified atom stereocenters. The summed E-state index contributed by atoms with van der Waals surface area (Å²) in [6, 6.07) is 14.9. The highest BCUT2D eigenvalue weighted by atomic mass is 16.5. The summed E-state index contributed by atoms with van der Waals surface area (Å²) in [4.78, 5) is 30.3. The summed E-state index contributed by atoms with van der Waals surface area (Å²) in [6.07, 6.45) is 5.56. The molecule has 0 aliphatic carbocycles. The van der Waals surface area contributed by atoms with E-state index < -0.39 is 11.4 Å². The zero-order valence-electron chi connectivity index (χ0n) is 20.0. The molecule has 0 saturated carbocycles. The van der Waals surface area contributed by atoms with Gasteiger partial charge in [0.2, 0.25) is 0 Å². The topological polar surface area (TPSA) is 92.9 Å². The molecule has 0 bridgehead atoms. The molecule has 0 fully saturated rings. The van der Waals surface area contributed by atoms with Crippen LogP contribution in [-0.4, -0.2) is 46.8 Å². The average molecular weight is 462 g/mol. The summed E-state index contributed by atoms with van der Waals surface area (Å²) >= 11 is 0. The van der Waals surface area contributed by atoms with Crippen LogP contribution in [0.1, 0.15) is 55.5 Å². The van der Waals surface area contributed by atoms with E-state index in [2.05, 4.69) is 4.98 Å². The maximum absolute atomic E-state index is 13.5. The van der Waals surface area contributed by atoms with Gasteiger partial charge in [0.25, 0.3) is 5.91 Å². The number of hydrogen-bond acceptors (Lipinski definition) is 5. The summed E-state index contributed by atoms with van der Waals surface area (Å²) in [6.45, 7) is 4.89. The number of carbonyl (C=O) groups excluding carboxylic acids is 1. The van der Waals surface area contributed by atoms with Gasteiger partial charge < -0.3 is 19.2 Å². The van der Waals surface area contributed by atoms with E-state index in [0.717, 1.165) is 24.2 Å². The SMILES string of the molecule is BC(C)(C)N(Cc1ccccc1OCCCCCC(=O)O)C(=O)c1ccc(-c2ccco2)nc1. The van der Waals surface area contributed by atoms with Crippen LogP contribution >= 0.6 is 0 Å². The molecule has 1 amide bonds. The van der Waals surface area contributed by atoms with E-state index in [-0.39, 0.29) is 12.3 Å². The Bertz CT molecular complexity index is 1080. The Labute approximate surface area is 201 Å². The van der Waals surface area contributed by atoms with Crippen molar-refractivity contribution in [3.8, 4) is 17.2 Å². The van der Waals surface area contributed by atoms with E-state index in [1.165, 1.54) is 0 Å². The number of aromatic nitrogens is 1. The van der Waals surface area contributed by atoms with Gasteiger partial charge in [0, 0.05) is 30.2 Å². The third kappa shape index (κ3) is 6.97. The Balaban J connectivity index is 1.69. The van der Waals surface area contributed by atoms with E-state index in [4.69, 9.17) is 14.3 Å². The fourth-order valence-electron chi connectivity index (χ4n) is 3.54. The fourth-order valence-corrected chi connectivity index (χ4v) is 3.54. The van der Waals surface area contributed by atoms with Crippen LogP contribution in [0.5, 0.6) is 5.75 Å². The standard InChI is InChI=1S/C26H31BN2O5/c1-26(2,27)29(25(32)19-13-14-21(28-17-19)23-11-8-16-34-23)18-20-9-5-6-10-22(20)33-15-7-3-4-12-24(30)31/h5-6,8-11,13-14,16-17H,3-4,7,12,15,18,27H2,1-2H3,(H,30,31). The van der Waals surface area contributed by atoms with Gasteiger partial charge in [-0.25, -0.2) is 0 Å². The minimum atomic E-state index is -0.774. The lowest BCUT2D eigenvalue weighted by Crippen LogP contribution is -2.47. The van der Waals surface area contributed by atoms with Crippen LogP contribution in [0.15, 0.2) is 65.4 Å². The van der Waals surface area contributed by atoms with Gasteiger partial charge >= 0.3 is 5.97 Å². The van der Waals surface area contributed by atoms with Crippen molar-refractivity contribution in [1.29, 1.82) is 0 Å². The van der Waals surface area contributed by atoms with E-state index in [0.29, 0.717) is 36.6 Å². The molecule has 7 nitrogen and oxygen atoms in total. The molecule has 34 heavy (non-hydrogen) atoms. The molecule has 178 valence electrons. The highest BCUT2D eigenvalue weighted by Gasteiger charge is 2.28. The van der Waals surface area contributed by atoms with Crippen LogP contribution in [0.2, 0.25) is 0 Å². The summed E-state index contributed by atoms with van der Waals surface area (Å²) < 4.78 is 11.4. The van der Waals surface area contributed by atoms with Gasteiger partial charge in [-0.2, -0.15) is 0 Å². The lowest BCUT2D eigenvalue weighted by atomic mass is 9.79. The monoisotopic (exact) mass is 462 g/mol. The normalized spacial score (nSPS) is 11.2. The van der Waals surface area contributed by atoms with Crippen LogP contribution in [0.3, 0.4) is 0 Å². The number of ether oxygens (including phenoxy) is 1. The molecule has 2 aromatic heterocycles. The van der Waals surface area contributed by atoms with E-state index in [1.54, 1.807) is 30.7 Å². The third-order valence-corrected chi connectivity index (χ3v) is 5.43. The minimum Gasteiger partial charge on any atom is -0.493 e. The van der Waals surface area contributed by atoms with E-state index in [9.17, 15) is 9.59 Å². The number of unbranched alkanes of at least 4 members (excludes halogenated alkanes) is 2. The van der Waals surface area contributed by atoms with Crippen molar-refractivity contribution in [1.82, 2.24) is 9.88 Å². The molecule has 2 heterocycles. The number of furan rings is 1. The summed E-state index contributed by atoms with van der Waals surface area (Å²) in [7, 11) is 2.00. The van der Waals surface area contributed by atoms with Crippen molar-refractivity contribution >= 4 is 19.7 Å². The number of carbonyl (C=O) groups is 2. The van der Waals surface area contributed by atoms with Gasteiger partial charge in [-0.05, 0) is 63.4 Å². The van der Waals surface area contributed by atoms with E-state index in [1.807, 2.05) is 56.9 Å². The molecule has 3 rings (SSSR count). The summed E-state index contributed by atoms with van der Waals surface area (Å²) in [5.41, 5.74) is 1.66. The Morgan fingerprint density at radius 1 is 1.09 bits per heavy atom. The molecular formula is C26H31BN2O5. The second-order valence-electron chi connectivity index (χ2n) is 9.13. The van der Waals surface area contributed by atoms with Gasteiger partial charge in [0.15, 0.2) is 5.76 Å². The zero-order valence-corrected chi connectivity index (χ0v) is 20.0. The van der Waals surface area contributed by atoms with Gasteiger partial charge in [-0.3, -0.25) is 14.6 Å². The fraction of sp³-hybridized carbons (Fsp3) is 0.346. The number of amides is 1. The van der Waals surface area contributed by atoms with Crippen LogP contribution in [-0.2, 0) is 11.3 Å². The number of hydrogen-bond donors (Lipinski definition) is 1. The summed E-state index contributed by atoms with van der Waals surface area (Å²) in [5, 5.41) is 8.75. The molecule has 1 N–H and O–H groups in total. The predicted molar refractivity (Wildman–Crippen MR) is 132 cm³/mol. The molecule has 0 aliphatic rings. The van der Waals surface area contributed by atoms with Crippen molar-refractivity contribution < 1.29 is 23.8 Å². The maximum atomic E-state index is 13.5. The van der Waals surface area contributed by atoms with Gasteiger partial charge in [-0.15, -0.1) is 0 Å². The van der Waals surface area contributed by atoms with Crippen molar-refractivity contribution in [2.45, 2.75) is 51.5 Å². The first-order valence-corrected chi connectivity index (χ1v) is 11.5. The van der Waals surface area contributed by atoms with Gasteiger partial charge in [0.05, 0.1) is 18.4 Å². The second-order valence-corrected chi connectivity index (χ2v) is 9.13. The maximum Gasteiger partial charge on any atom is 0.303 e. The molecule has 0 saturated heterocycles. The molecule has 8 heteroatoms. The van der Waals surface area contributed by atoms with Crippen molar-refractivity contribution in [2.24, 2.45) is 0 Å². The smallest absolute Gasteiger partial charge is 0.303 e. The number of carboxylic acids is 1. The number of pyridine rings is 1. The molecule has 0 radical (unpaired) electrons. The van der Waals surface area contributed by atoms with Crippen molar-refractivity contribution in [3.05, 3.63) is 72.1 Å². The Morgan fingerprint density at radius 3 is 2.53 bits per heavy atom. The average Bonchev–Trinajstić information content (AvgIpc) is 3.34. The minimum absolute atomic E-state index is 0.116. The first-order chi connectivity index (χ1) is 16.3. The quantitative estimate of drug-likeness (QED) is 0.317. The Kier molecular flexibility index (Phi) is 8.52. The number of nitrogens with zero attached hydrogens (tertiary/aromatic N) is 2. The first-order valence-electron chi connectivity index (χ1n) is 11.5. The molecule has 0 spiro atoms. The Hall–Kier alpha value is -3.55. The predicted octanol–water partition coefficient (Wildman–Crippen LogP) is 4.38. The first kappa shape index (κ1) is 25.1. The number of aliphatic carboxylic acids is 1. The highest BCUT2D eigenvalue weighted by molar-refractivity contribution is 6.16. The van der Waals surface area contributed by atoms with Crippen LogP contribution in [0, 0.1) is 0 Å². The zero-order chi connectivity index (χ0) is 24.6. The van der Waals surface area contributed by atoms with Crippen LogP contribution < -0.4 is 4.74 Å². The largest absolute Gasteiger partial charge is 0.493 e. The third-order valence-electron chi connectivity index (χ3n) is 5.43. The lowest BCUT2D eigenvalue weighted by Gasteiger charge is -2.36. The lowest BCUT2D eigenvalue weighted by molar-refractivity contribution is -0.137. The van der Waals surface area contributed by atoms with Crippen molar-refractivity contribution in [2.75, 3.05) is 6.61 Å². The van der Waals surface area contributed by atoms with Gasteiger partial charge in [-0.1, -0.05) is 18.2 Å².